The highest BCUT2D eigenvalue weighted by atomic mass is 35.5. The Morgan fingerprint density at radius 3 is 2.71 bits per heavy atom. The van der Waals surface area contributed by atoms with Crippen LogP contribution in [0.1, 0.15) is 31.0 Å². The first-order valence-electron chi connectivity index (χ1n) is 6.86. The summed E-state index contributed by atoms with van der Waals surface area (Å²) < 4.78 is 11.2. The van der Waals surface area contributed by atoms with Gasteiger partial charge >= 0.3 is 0 Å². The molecule has 1 aromatic carbocycles. The molecule has 0 spiro atoms. The molecule has 0 radical (unpaired) electrons. The van der Waals surface area contributed by atoms with Gasteiger partial charge in [-0.05, 0) is 31.4 Å². The molecule has 2 saturated heterocycles. The molecule has 1 aromatic heterocycles. The Labute approximate surface area is 131 Å². The Morgan fingerprint density at radius 2 is 2.00 bits per heavy atom. The van der Waals surface area contributed by atoms with Crippen molar-refractivity contribution >= 4 is 28.9 Å². The second kappa shape index (κ2) is 4.87. The molecule has 2 bridgehead atoms. The van der Waals surface area contributed by atoms with Crippen LogP contribution in [0, 0.1) is 0 Å². The zero-order valence-electron chi connectivity index (χ0n) is 11.1. The summed E-state index contributed by atoms with van der Waals surface area (Å²) in [5.41, 5.74) is 6.81. The summed E-state index contributed by atoms with van der Waals surface area (Å²) in [6.45, 7) is 0. The molecule has 4 rings (SSSR count). The van der Waals surface area contributed by atoms with Crippen LogP contribution < -0.4 is 5.73 Å². The number of aromatic nitrogens is 2. The molecule has 21 heavy (non-hydrogen) atoms. The molecule has 2 aromatic rings. The van der Waals surface area contributed by atoms with Crippen LogP contribution in [0.15, 0.2) is 16.7 Å². The number of fused-ring (bicyclic) bond motifs is 2. The fourth-order valence-electron chi connectivity index (χ4n) is 3.18. The topological polar surface area (TPSA) is 74.2 Å². The van der Waals surface area contributed by atoms with Crippen LogP contribution >= 0.6 is 23.2 Å². The Balaban J connectivity index is 1.71. The lowest BCUT2D eigenvalue weighted by atomic mass is 9.89. The lowest BCUT2D eigenvalue weighted by Gasteiger charge is -2.13. The van der Waals surface area contributed by atoms with E-state index >= 15 is 0 Å². The minimum atomic E-state index is 0.195. The standard InChI is InChI=1S/C14H13Cl2N3O2/c15-8-2-3-9(16)12(17)11(8)14-18-13(19-21-14)7-5-6-1-4-10(7)20-6/h2-3,6-7,10H,1,4-5,17H2. The number of ether oxygens (including phenoxy) is 1. The third-order valence-electron chi connectivity index (χ3n) is 4.23. The van der Waals surface area contributed by atoms with Crippen molar-refractivity contribution in [2.75, 3.05) is 5.73 Å². The first kappa shape index (κ1) is 13.4. The molecular formula is C14H13Cl2N3O2. The van der Waals surface area contributed by atoms with Gasteiger partial charge in [0.1, 0.15) is 0 Å². The van der Waals surface area contributed by atoms with Crippen LogP contribution in [0.5, 0.6) is 0 Å². The average Bonchev–Trinajstić information content (AvgIpc) is 3.18. The maximum Gasteiger partial charge on any atom is 0.261 e. The Bertz CT molecular complexity index is 704. The molecule has 3 unspecified atom stereocenters. The molecule has 110 valence electrons. The van der Waals surface area contributed by atoms with Crippen LogP contribution in [0.4, 0.5) is 5.69 Å². The smallest absolute Gasteiger partial charge is 0.261 e. The molecule has 3 heterocycles. The third kappa shape index (κ3) is 2.11. The van der Waals surface area contributed by atoms with Crippen LogP contribution in [0.2, 0.25) is 10.0 Å². The first-order chi connectivity index (χ1) is 10.1. The molecule has 2 aliphatic rings. The number of nitrogens with zero attached hydrogens (tertiary/aromatic N) is 2. The summed E-state index contributed by atoms with van der Waals surface area (Å²) in [6.07, 6.45) is 3.66. The van der Waals surface area contributed by atoms with Gasteiger partial charge in [-0.2, -0.15) is 4.98 Å². The van der Waals surface area contributed by atoms with Crippen molar-refractivity contribution in [1.29, 1.82) is 0 Å². The number of anilines is 1. The highest BCUT2D eigenvalue weighted by Gasteiger charge is 2.43. The fourth-order valence-corrected chi connectivity index (χ4v) is 3.58. The number of rotatable bonds is 2. The second-order valence-corrected chi connectivity index (χ2v) is 6.31. The number of benzene rings is 1. The normalized spacial score (nSPS) is 27.4. The van der Waals surface area contributed by atoms with E-state index in [9.17, 15) is 0 Å². The molecular weight excluding hydrogens is 313 g/mol. The Morgan fingerprint density at radius 1 is 1.19 bits per heavy atom. The summed E-state index contributed by atoms with van der Waals surface area (Å²) in [4.78, 5) is 4.46. The van der Waals surface area contributed by atoms with Gasteiger partial charge in [-0.3, -0.25) is 0 Å². The van der Waals surface area contributed by atoms with E-state index in [0.717, 1.165) is 19.3 Å². The quantitative estimate of drug-likeness (QED) is 0.853. The van der Waals surface area contributed by atoms with E-state index in [-0.39, 0.29) is 12.0 Å². The third-order valence-corrected chi connectivity index (χ3v) is 4.88. The fraction of sp³-hybridized carbons (Fsp3) is 0.429. The van der Waals surface area contributed by atoms with Gasteiger partial charge in [-0.25, -0.2) is 0 Å². The van der Waals surface area contributed by atoms with Crippen LogP contribution in [-0.4, -0.2) is 22.3 Å². The van der Waals surface area contributed by atoms with Gasteiger partial charge in [0, 0.05) is 0 Å². The summed E-state index contributed by atoms with van der Waals surface area (Å²) in [5, 5.41) is 4.94. The Kier molecular flexibility index (Phi) is 3.10. The van der Waals surface area contributed by atoms with E-state index in [1.54, 1.807) is 12.1 Å². The van der Waals surface area contributed by atoms with Crippen molar-refractivity contribution in [2.45, 2.75) is 37.4 Å². The average molecular weight is 326 g/mol. The largest absolute Gasteiger partial charge is 0.397 e. The van der Waals surface area contributed by atoms with E-state index in [1.807, 2.05) is 0 Å². The van der Waals surface area contributed by atoms with Crippen molar-refractivity contribution < 1.29 is 9.26 Å². The van der Waals surface area contributed by atoms with Crippen molar-refractivity contribution in [3.05, 3.63) is 28.0 Å². The number of hydrogen-bond donors (Lipinski definition) is 1. The summed E-state index contributed by atoms with van der Waals surface area (Å²) in [6, 6.07) is 3.31. The molecule has 2 fully saturated rings. The molecule has 5 nitrogen and oxygen atoms in total. The lowest BCUT2D eigenvalue weighted by molar-refractivity contribution is 0.0996. The first-order valence-corrected chi connectivity index (χ1v) is 7.62. The maximum absolute atomic E-state index is 6.18. The van der Waals surface area contributed by atoms with E-state index < -0.39 is 0 Å². The maximum atomic E-state index is 6.18. The zero-order valence-corrected chi connectivity index (χ0v) is 12.6. The van der Waals surface area contributed by atoms with Crippen molar-refractivity contribution in [2.24, 2.45) is 0 Å². The number of hydrogen-bond acceptors (Lipinski definition) is 5. The zero-order chi connectivity index (χ0) is 14.6. The molecule has 3 atom stereocenters. The van der Waals surface area contributed by atoms with Crippen LogP contribution in [0.25, 0.3) is 11.5 Å². The minimum absolute atomic E-state index is 0.195. The monoisotopic (exact) mass is 325 g/mol. The SMILES string of the molecule is Nc1c(Cl)ccc(Cl)c1-c1nc(C2CC3CCC2O3)no1. The van der Waals surface area contributed by atoms with Gasteiger partial charge in [0.25, 0.3) is 5.89 Å². The lowest BCUT2D eigenvalue weighted by Crippen LogP contribution is -2.15. The van der Waals surface area contributed by atoms with Crippen molar-refractivity contribution in [1.82, 2.24) is 10.1 Å². The van der Waals surface area contributed by atoms with E-state index in [4.69, 9.17) is 38.2 Å². The van der Waals surface area contributed by atoms with Gasteiger partial charge in [0.15, 0.2) is 5.82 Å². The number of nitrogen functional groups attached to an aromatic ring is 1. The molecule has 0 amide bonds. The van der Waals surface area contributed by atoms with Gasteiger partial charge in [-0.1, -0.05) is 28.4 Å². The highest BCUT2D eigenvalue weighted by Crippen LogP contribution is 2.44. The predicted octanol–water partition coefficient (Wildman–Crippen LogP) is 3.66. The summed E-state index contributed by atoms with van der Waals surface area (Å²) in [5.74, 6) is 1.16. The van der Waals surface area contributed by atoms with Gasteiger partial charge < -0.3 is 15.0 Å². The summed E-state index contributed by atoms with van der Waals surface area (Å²) >= 11 is 12.2. The molecule has 0 aliphatic carbocycles. The molecule has 7 heteroatoms. The van der Waals surface area contributed by atoms with Crippen LogP contribution in [0.3, 0.4) is 0 Å². The van der Waals surface area contributed by atoms with E-state index in [0.29, 0.717) is 39.1 Å². The number of halogens is 2. The van der Waals surface area contributed by atoms with Gasteiger partial charge in [0.05, 0.1) is 39.4 Å². The predicted molar refractivity (Wildman–Crippen MR) is 79.4 cm³/mol. The van der Waals surface area contributed by atoms with E-state index in [1.165, 1.54) is 0 Å². The number of nitrogens with two attached hydrogens (primary N) is 1. The molecule has 2 N–H and O–H groups in total. The van der Waals surface area contributed by atoms with E-state index in [2.05, 4.69) is 10.1 Å². The second-order valence-electron chi connectivity index (χ2n) is 5.49. The molecule has 2 aliphatic heterocycles. The molecule has 0 saturated carbocycles. The van der Waals surface area contributed by atoms with Gasteiger partial charge in [-0.15, -0.1) is 0 Å². The van der Waals surface area contributed by atoms with Crippen LogP contribution in [-0.2, 0) is 4.74 Å². The summed E-state index contributed by atoms with van der Waals surface area (Å²) in [7, 11) is 0. The van der Waals surface area contributed by atoms with Crippen molar-refractivity contribution in [3.8, 4) is 11.5 Å². The Hall–Kier alpha value is -1.30. The minimum Gasteiger partial charge on any atom is -0.397 e. The highest BCUT2D eigenvalue weighted by molar-refractivity contribution is 6.37. The van der Waals surface area contributed by atoms with Gasteiger partial charge in [0.2, 0.25) is 0 Å². The van der Waals surface area contributed by atoms with Crippen molar-refractivity contribution in [3.63, 3.8) is 0 Å².